The highest BCUT2D eigenvalue weighted by Gasteiger charge is 2.13. The Bertz CT molecular complexity index is 592. The summed E-state index contributed by atoms with van der Waals surface area (Å²) in [6, 6.07) is 0. The first-order valence-corrected chi connectivity index (χ1v) is 20.0. The van der Waals surface area contributed by atoms with E-state index in [1.165, 1.54) is 180 Å². The van der Waals surface area contributed by atoms with Crippen LogP contribution in [-0.2, 0) is 14.6 Å². The zero-order valence-corrected chi connectivity index (χ0v) is 28.8. The van der Waals surface area contributed by atoms with Crippen LogP contribution >= 0.6 is 0 Å². The van der Waals surface area contributed by atoms with E-state index in [4.69, 9.17) is 8.74 Å². The fourth-order valence-electron chi connectivity index (χ4n) is 6.10. The second-order valence-corrected chi connectivity index (χ2v) is 14.1. The first-order valence-electron chi connectivity index (χ1n) is 18.6. The molecular weight excluding hydrogens is 528 g/mol. The van der Waals surface area contributed by atoms with Crippen LogP contribution in [0.15, 0.2) is 0 Å². The molecule has 0 aromatic carbocycles. The molecule has 4 nitrogen and oxygen atoms in total. The lowest BCUT2D eigenvalue weighted by atomic mass is 9.94. The second-order valence-electron chi connectivity index (χ2n) is 13.1. The molecule has 0 aliphatic rings. The number of unbranched alkanes of at least 4 members (excludes halogenated alkanes) is 28. The predicted octanol–water partition coefficient (Wildman–Crippen LogP) is 12.9. The maximum atomic E-state index is 11.1. The van der Waals surface area contributed by atoms with Gasteiger partial charge in [-0.25, -0.2) is 4.18 Å². The van der Waals surface area contributed by atoms with Crippen LogP contribution < -0.4 is 0 Å². The molecular formula is C36H74O4S. The van der Waals surface area contributed by atoms with Gasteiger partial charge in [-0.3, -0.25) is 4.55 Å². The Morgan fingerprint density at radius 3 is 0.854 bits per heavy atom. The van der Waals surface area contributed by atoms with Gasteiger partial charge in [-0.2, -0.15) is 8.42 Å². The molecule has 0 fully saturated rings. The number of rotatable bonds is 35. The first-order chi connectivity index (χ1) is 20.0. The van der Waals surface area contributed by atoms with E-state index < -0.39 is 10.4 Å². The van der Waals surface area contributed by atoms with Gasteiger partial charge < -0.3 is 0 Å². The lowest BCUT2D eigenvalue weighted by Crippen LogP contribution is -2.14. The number of hydrogen-bond acceptors (Lipinski definition) is 3. The van der Waals surface area contributed by atoms with Crippen molar-refractivity contribution in [3.8, 4) is 0 Å². The Hall–Kier alpha value is -0.130. The van der Waals surface area contributed by atoms with E-state index in [0.717, 1.165) is 25.7 Å². The van der Waals surface area contributed by atoms with Crippen LogP contribution in [0.4, 0.5) is 0 Å². The summed E-state index contributed by atoms with van der Waals surface area (Å²) >= 11 is 0. The average molecular weight is 603 g/mol. The van der Waals surface area contributed by atoms with Gasteiger partial charge in [-0.1, -0.05) is 206 Å². The average Bonchev–Trinajstić information content (AvgIpc) is 2.94. The first kappa shape index (κ1) is 40.9. The van der Waals surface area contributed by atoms with Crippen LogP contribution in [0.3, 0.4) is 0 Å². The zero-order chi connectivity index (χ0) is 30.1. The third-order valence-corrected chi connectivity index (χ3v) is 9.32. The van der Waals surface area contributed by atoms with Gasteiger partial charge in [-0.15, -0.1) is 0 Å². The molecule has 0 aliphatic heterocycles. The van der Waals surface area contributed by atoms with Crippen LogP contribution in [0.25, 0.3) is 0 Å². The number of hydrogen-bond donors (Lipinski definition) is 1. The highest BCUT2D eigenvalue weighted by atomic mass is 32.3. The van der Waals surface area contributed by atoms with Gasteiger partial charge in [0.15, 0.2) is 0 Å². The quantitative estimate of drug-likeness (QED) is 0.0579. The molecule has 1 atom stereocenters. The lowest BCUT2D eigenvalue weighted by Gasteiger charge is -2.16. The Kier molecular flexibility index (Phi) is 32.7. The van der Waals surface area contributed by atoms with E-state index in [1.54, 1.807) is 0 Å². The van der Waals surface area contributed by atoms with Gasteiger partial charge >= 0.3 is 10.4 Å². The molecule has 0 bridgehead atoms. The Balaban J connectivity index is 3.59. The highest BCUT2D eigenvalue weighted by molar-refractivity contribution is 7.80. The van der Waals surface area contributed by atoms with Crippen molar-refractivity contribution in [3.63, 3.8) is 0 Å². The normalized spacial score (nSPS) is 12.8. The molecule has 0 amide bonds. The van der Waals surface area contributed by atoms with Crippen molar-refractivity contribution >= 4 is 10.4 Å². The van der Waals surface area contributed by atoms with Gasteiger partial charge in [-0.05, 0) is 18.8 Å². The van der Waals surface area contributed by atoms with E-state index in [2.05, 4.69) is 13.8 Å². The van der Waals surface area contributed by atoms with E-state index in [-0.39, 0.29) is 12.5 Å². The standard InChI is InChI=1S/C36H74O4S/c1-3-5-7-9-11-13-15-16-17-18-19-20-21-22-23-24-26-28-30-32-34-36(35-40-41(37,38)39)33-31-29-27-25-14-12-10-8-6-4-2/h36H,3-35H2,1-2H3,(H,37,38,39). The molecule has 0 aromatic heterocycles. The second kappa shape index (κ2) is 32.8. The van der Waals surface area contributed by atoms with E-state index >= 15 is 0 Å². The summed E-state index contributed by atoms with van der Waals surface area (Å²) in [7, 11) is -4.34. The Morgan fingerprint density at radius 1 is 0.415 bits per heavy atom. The third-order valence-electron chi connectivity index (χ3n) is 8.88. The predicted molar refractivity (Wildman–Crippen MR) is 180 cm³/mol. The summed E-state index contributed by atoms with van der Waals surface area (Å²) < 4.78 is 35.9. The van der Waals surface area contributed by atoms with Gasteiger partial charge in [0.1, 0.15) is 0 Å². The monoisotopic (exact) mass is 603 g/mol. The summed E-state index contributed by atoms with van der Waals surface area (Å²) in [5, 5.41) is 0. The minimum atomic E-state index is -4.34. The fourth-order valence-corrected chi connectivity index (χ4v) is 6.47. The van der Waals surface area contributed by atoms with Gasteiger partial charge in [0.05, 0.1) is 6.61 Å². The lowest BCUT2D eigenvalue weighted by molar-refractivity contribution is 0.204. The molecule has 0 heterocycles. The molecule has 1 unspecified atom stereocenters. The van der Waals surface area contributed by atoms with E-state index in [0.29, 0.717) is 0 Å². The van der Waals surface area contributed by atoms with Crippen LogP contribution in [0.1, 0.15) is 219 Å². The van der Waals surface area contributed by atoms with Crippen molar-refractivity contribution in [3.05, 3.63) is 0 Å². The van der Waals surface area contributed by atoms with Crippen molar-refractivity contribution < 1.29 is 17.2 Å². The van der Waals surface area contributed by atoms with Crippen molar-refractivity contribution in [1.29, 1.82) is 0 Å². The molecule has 0 aromatic rings. The molecule has 5 heteroatoms. The van der Waals surface area contributed by atoms with Crippen molar-refractivity contribution in [2.24, 2.45) is 5.92 Å². The summed E-state index contributed by atoms with van der Waals surface area (Å²) in [5.74, 6) is 0.238. The van der Waals surface area contributed by atoms with Gasteiger partial charge in [0, 0.05) is 0 Å². The van der Waals surface area contributed by atoms with E-state index in [9.17, 15) is 8.42 Å². The third kappa shape index (κ3) is 36.0. The summed E-state index contributed by atoms with van der Waals surface area (Å²) in [6.45, 7) is 4.68. The summed E-state index contributed by atoms with van der Waals surface area (Å²) in [6.07, 6.45) is 42.8. The summed E-state index contributed by atoms with van der Waals surface area (Å²) in [5.41, 5.74) is 0. The molecule has 0 radical (unpaired) electrons. The molecule has 1 N–H and O–H groups in total. The highest BCUT2D eigenvalue weighted by Crippen LogP contribution is 2.21. The minimum absolute atomic E-state index is 0.134. The molecule has 0 spiro atoms. The SMILES string of the molecule is CCCCCCCCCCCCCCCCCCCCCCC(CCCCCCCCCCCC)COS(=O)(=O)O. The topological polar surface area (TPSA) is 63.6 Å². The van der Waals surface area contributed by atoms with Crippen LogP contribution in [-0.4, -0.2) is 19.6 Å². The summed E-state index contributed by atoms with van der Waals surface area (Å²) in [4.78, 5) is 0. The van der Waals surface area contributed by atoms with Crippen LogP contribution in [0.2, 0.25) is 0 Å². The fraction of sp³-hybridized carbons (Fsp3) is 1.00. The van der Waals surface area contributed by atoms with Crippen molar-refractivity contribution in [2.75, 3.05) is 6.61 Å². The van der Waals surface area contributed by atoms with Crippen molar-refractivity contribution in [1.82, 2.24) is 0 Å². The van der Waals surface area contributed by atoms with Gasteiger partial charge in [0.25, 0.3) is 0 Å². The van der Waals surface area contributed by atoms with Crippen LogP contribution in [0.5, 0.6) is 0 Å². The van der Waals surface area contributed by atoms with Crippen LogP contribution in [0, 0.1) is 5.92 Å². The maximum Gasteiger partial charge on any atom is 0.397 e. The zero-order valence-electron chi connectivity index (χ0n) is 28.0. The molecule has 41 heavy (non-hydrogen) atoms. The largest absolute Gasteiger partial charge is 0.397 e. The minimum Gasteiger partial charge on any atom is -0.264 e. The molecule has 0 saturated heterocycles. The molecule has 248 valence electrons. The van der Waals surface area contributed by atoms with Gasteiger partial charge in [0.2, 0.25) is 0 Å². The van der Waals surface area contributed by atoms with Crippen molar-refractivity contribution in [2.45, 2.75) is 219 Å². The molecule has 0 rings (SSSR count). The Morgan fingerprint density at radius 2 is 0.634 bits per heavy atom. The Labute approximate surface area is 258 Å². The van der Waals surface area contributed by atoms with E-state index in [1.807, 2.05) is 0 Å². The smallest absolute Gasteiger partial charge is 0.264 e. The molecule has 0 aliphatic carbocycles. The molecule has 0 saturated carbocycles. The maximum absolute atomic E-state index is 11.1.